The van der Waals surface area contributed by atoms with Gasteiger partial charge in [-0.2, -0.15) is 0 Å². The van der Waals surface area contributed by atoms with Gasteiger partial charge in [-0.05, 0) is 0 Å². The van der Waals surface area contributed by atoms with Crippen LogP contribution in [0, 0.1) is 0 Å². The molecule has 0 rings (SSSR count). The second-order valence-electron chi connectivity index (χ2n) is 1.53. The molecule has 0 unspecified atom stereocenters. The maximum absolute atomic E-state index is 4.69. The normalized spacial score (nSPS) is 7.00. The van der Waals surface area contributed by atoms with E-state index in [1.807, 2.05) is 26.8 Å². The summed E-state index contributed by atoms with van der Waals surface area (Å²) < 4.78 is 4.69. The number of hydrogen-bond donors (Lipinski definition) is 0. The van der Waals surface area contributed by atoms with Gasteiger partial charge in [0.25, 0.3) is 0 Å². The van der Waals surface area contributed by atoms with Crippen LogP contribution >= 0.6 is 22.4 Å². The fraction of sp³-hybridized carbons (Fsp3) is 1.00. The van der Waals surface area contributed by atoms with Crippen molar-refractivity contribution in [3.05, 3.63) is 0 Å². The molecule has 42 valence electrons. The third-order valence-corrected chi connectivity index (χ3v) is 1.28. The Bertz CT molecular complexity index is 125. The van der Waals surface area contributed by atoms with Gasteiger partial charge < -0.3 is 0 Å². The summed E-state index contributed by atoms with van der Waals surface area (Å²) in [6.07, 6.45) is 0. The summed E-state index contributed by atoms with van der Waals surface area (Å²) in [5.41, 5.74) is 0. The first kappa shape index (κ1) is 11.0. The predicted octanol–water partition coefficient (Wildman–Crippen LogP) is -1.95. The molecule has 10 heavy (non-hydrogen) atoms. The number of hydrogen-bond acceptors (Lipinski definition) is 1. The SMILES string of the molecule is COB=BB=BB=BBI. The van der Waals surface area contributed by atoms with Gasteiger partial charge in [-0.1, -0.05) is 0 Å². The van der Waals surface area contributed by atoms with Crippen molar-refractivity contribution < 1.29 is 4.65 Å². The zero-order chi connectivity index (χ0) is 7.66. The van der Waals surface area contributed by atoms with E-state index in [2.05, 4.69) is 29.1 Å². The molecule has 0 aromatic rings. The van der Waals surface area contributed by atoms with Crippen LogP contribution < -0.4 is 0 Å². The average Bonchev–Trinajstić information content (AvgIpc) is 1.97. The van der Waals surface area contributed by atoms with Crippen molar-refractivity contribution in [3.63, 3.8) is 0 Å². The molecule has 0 amide bonds. The molecule has 0 saturated heterocycles. The summed E-state index contributed by atoms with van der Waals surface area (Å²) in [4.78, 5) is 0. The van der Waals surface area contributed by atoms with Gasteiger partial charge in [0.15, 0.2) is 0 Å². The molecule has 0 fully saturated rings. The average molecular weight is 235 g/mol. The quantitative estimate of drug-likeness (QED) is 0.406. The maximum atomic E-state index is 4.69. The first-order valence-corrected chi connectivity index (χ1v) is 4.51. The van der Waals surface area contributed by atoms with Gasteiger partial charge in [0.05, 0.1) is 0 Å². The summed E-state index contributed by atoms with van der Waals surface area (Å²) in [6.45, 7) is 9.82. The fourth-order valence-electron chi connectivity index (χ4n) is 0.382. The molecule has 0 aromatic heterocycles. The summed E-state index contributed by atoms with van der Waals surface area (Å²) in [5.74, 6) is 0. The molecular weight excluding hydrogens is 231 g/mol. The second-order valence-corrected chi connectivity index (χ2v) is 2.41. The molecule has 9 heteroatoms. The summed E-state index contributed by atoms with van der Waals surface area (Å²) >= 11 is 2.29. The van der Waals surface area contributed by atoms with Crippen LogP contribution in [0.5, 0.6) is 0 Å². The molecule has 0 radical (unpaired) electrons. The first-order valence-electron chi connectivity index (χ1n) is 2.99. The van der Waals surface area contributed by atoms with Gasteiger partial charge in [-0.3, -0.25) is 0 Å². The van der Waals surface area contributed by atoms with Crippen molar-refractivity contribution >= 4 is 67.9 Å². The van der Waals surface area contributed by atoms with Crippen LogP contribution in [-0.2, 0) is 4.65 Å². The third kappa shape index (κ3) is 8.98. The van der Waals surface area contributed by atoms with Crippen molar-refractivity contribution in [1.29, 1.82) is 0 Å². The van der Waals surface area contributed by atoms with Gasteiger partial charge in [-0.25, -0.2) is 0 Å². The van der Waals surface area contributed by atoms with Crippen LogP contribution in [0.4, 0.5) is 0 Å². The van der Waals surface area contributed by atoms with Crippen molar-refractivity contribution in [2.45, 2.75) is 0 Å². The van der Waals surface area contributed by atoms with E-state index in [-0.39, 0.29) is 0 Å². The fourth-order valence-corrected chi connectivity index (χ4v) is 0.676. The Kier molecular flexibility index (Phi) is 11.0. The molecule has 0 aliphatic heterocycles. The molecule has 0 bridgehead atoms. The zero-order valence-electron chi connectivity index (χ0n) is 5.96. The van der Waals surface area contributed by atoms with Crippen LogP contribution in [0.15, 0.2) is 0 Å². The van der Waals surface area contributed by atoms with E-state index in [0.29, 0.717) is 0 Å². The Balaban J connectivity index is 3.37. The van der Waals surface area contributed by atoms with E-state index in [0.717, 1.165) is 5.03 Å². The van der Waals surface area contributed by atoms with Crippen LogP contribution in [0.2, 0.25) is 0 Å². The number of halogens is 1. The molecule has 0 saturated carbocycles. The molecule has 0 aliphatic rings. The van der Waals surface area contributed by atoms with Gasteiger partial charge >= 0.3 is 79.6 Å². The standard InChI is InChI=1S/CH4B7IO/c1-10-8-6-4-2-3-5-7-9/h7H,1H3. The van der Waals surface area contributed by atoms with E-state index < -0.39 is 0 Å². The van der Waals surface area contributed by atoms with Crippen LogP contribution in [0.3, 0.4) is 0 Å². The minimum absolute atomic E-state index is 1.05. The van der Waals surface area contributed by atoms with Gasteiger partial charge in [0.1, 0.15) is 0 Å². The van der Waals surface area contributed by atoms with Crippen LogP contribution in [-0.4, -0.2) is 52.6 Å². The van der Waals surface area contributed by atoms with E-state index in [1.54, 1.807) is 14.1 Å². The van der Waals surface area contributed by atoms with Crippen molar-refractivity contribution in [3.8, 4) is 0 Å². The van der Waals surface area contributed by atoms with Gasteiger partial charge in [-0.15, -0.1) is 0 Å². The molecule has 0 spiro atoms. The minimum atomic E-state index is 1.05. The Hall–Kier alpha value is 0.985. The second kappa shape index (κ2) is 9.98. The zero-order valence-corrected chi connectivity index (χ0v) is 8.11. The Morgan fingerprint density at radius 3 is 2.50 bits per heavy atom. The van der Waals surface area contributed by atoms with Gasteiger partial charge in [0, 0.05) is 0 Å². The number of rotatable bonds is 4. The molecule has 0 aliphatic carbocycles. The summed E-state index contributed by atoms with van der Waals surface area (Å²) in [7, 11) is 3.26. The topological polar surface area (TPSA) is 9.23 Å². The molecule has 0 atom stereocenters. The first-order chi connectivity index (χ1) is 4.91. The van der Waals surface area contributed by atoms with E-state index in [4.69, 9.17) is 4.65 Å². The van der Waals surface area contributed by atoms with E-state index in [1.165, 1.54) is 0 Å². The monoisotopic (exact) mass is 236 g/mol. The van der Waals surface area contributed by atoms with E-state index in [9.17, 15) is 0 Å². The molecule has 0 heterocycles. The molecule has 0 aromatic carbocycles. The Labute approximate surface area is 79.5 Å². The molecular formula is CH4B7IO. The Morgan fingerprint density at radius 2 is 1.90 bits per heavy atom. The van der Waals surface area contributed by atoms with Gasteiger partial charge in [0.2, 0.25) is 0 Å². The molecule has 0 N–H and O–H groups in total. The van der Waals surface area contributed by atoms with Crippen LogP contribution in [0.25, 0.3) is 0 Å². The third-order valence-electron chi connectivity index (χ3n) is 0.773. The van der Waals surface area contributed by atoms with E-state index >= 15 is 0 Å². The molecule has 1 nitrogen and oxygen atoms in total. The predicted molar refractivity (Wildman–Crippen MR) is 62.7 cm³/mol. The van der Waals surface area contributed by atoms with Crippen molar-refractivity contribution in [2.75, 3.05) is 7.11 Å². The summed E-state index contributed by atoms with van der Waals surface area (Å²) in [6, 6.07) is 0. The van der Waals surface area contributed by atoms with Crippen molar-refractivity contribution in [1.82, 2.24) is 0 Å². The van der Waals surface area contributed by atoms with Crippen molar-refractivity contribution in [2.24, 2.45) is 0 Å². The Morgan fingerprint density at radius 1 is 1.20 bits per heavy atom. The van der Waals surface area contributed by atoms with Crippen LogP contribution in [0.1, 0.15) is 0 Å². The summed E-state index contributed by atoms with van der Waals surface area (Å²) in [5, 5.41) is 1.05.